The van der Waals surface area contributed by atoms with E-state index in [4.69, 9.17) is 11.6 Å². The fourth-order valence-electron chi connectivity index (χ4n) is 1.95. The molecule has 0 spiro atoms. The van der Waals surface area contributed by atoms with Crippen LogP contribution < -0.4 is 0 Å². The van der Waals surface area contributed by atoms with Gasteiger partial charge in [-0.3, -0.25) is 4.79 Å². The largest absolute Gasteiger partial charge is 0.383 e. The Bertz CT molecular complexity index is 444. The molecule has 1 aromatic rings. The molecule has 1 fully saturated rings. The van der Waals surface area contributed by atoms with Crippen molar-refractivity contribution in [2.24, 2.45) is 0 Å². The van der Waals surface area contributed by atoms with E-state index in [1.807, 2.05) is 43.3 Å². The fourth-order valence-corrected chi connectivity index (χ4v) is 2.07. The highest BCUT2D eigenvalue weighted by molar-refractivity contribution is 6.30. The smallest absolute Gasteiger partial charge is 0.167 e. The predicted molar refractivity (Wildman–Crippen MR) is 70.2 cm³/mol. The average molecular weight is 250 g/mol. The minimum absolute atomic E-state index is 0.188. The van der Waals surface area contributed by atoms with Gasteiger partial charge in [-0.15, -0.1) is 0 Å². The van der Waals surface area contributed by atoms with Crippen molar-refractivity contribution in [3.8, 4) is 0 Å². The van der Waals surface area contributed by atoms with Gasteiger partial charge in [-0.05, 0) is 36.6 Å². The highest BCUT2D eigenvalue weighted by Crippen LogP contribution is 2.49. The summed E-state index contributed by atoms with van der Waals surface area (Å²) in [6, 6.07) is 7.60. The molecule has 17 heavy (non-hydrogen) atoms. The van der Waals surface area contributed by atoms with E-state index in [9.17, 15) is 4.79 Å². The topological polar surface area (TPSA) is 20.3 Å². The molecule has 2 rings (SSSR count). The minimum Gasteiger partial charge on any atom is -0.383 e. The molecule has 0 atom stereocenters. The molecule has 2 nitrogen and oxygen atoms in total. The van der Waals surface area contributed by atoms with E-state index in [0.717, 1.165) is 18.4 Å². The summed E-state index contributed by atoms with van der Waals surface area (Å²) in [6.07, 6.45) is 5.34. The van der Waals surface area contributed by atoms with Crippen molar-refractivity contribution >= 4 is 17.4 Å². The second-order valence-corrected chi connectivity index (χ2v) is 5.17. The van der Waals surface area contributed by atoms with Gasteiger partial charge >= 0.3 is 0 Å². The SMILES string of the molecule is CN(C)C=CC(=O)C1(c2ccc(Cl)cc2)CC1. The summed E-state index contributed by atoms with van der Waals surface area (Å²) in [7, 11) is 3.82. The van der Waals surface area contributed by atoms with E-state index >= 15 is 0 Å². The Hall–Kier alpha value is -1.28. The lowest BCUT2D eigenvalue weighted by atomic mass is 9.91. The van der Waals surface area contributed by atoms with Crippen LogP contribution in [-0.4, -0.2) is 24.8 Å². The maximum atomic E-state index is 12.2. The Morgan fingerprint density at radius 1 is 1.29 bits per heavy atom. The Morgan fingerprint density at radius 3 is 2.35 bits per heavy atom. The van der Waals surface area contributed by atoms with Gasteiger partial charge in [-0.1, -0.05) is 23.7 Å². The van der Waals surface area contributed by atoms with Crippen molar-refractivity contribution in [2.45, 2.75) is 18.3 Å². The first-order valence-electron chi connectivity index (χ1n) is 5.70. The number of benzene rings is 1. The number of carbonyl (C=O) groups is 1. The normalized spacial score (nSPS) is 17.1. The number of halogens is 1. The summed E-state index contributed by atoms with van der Waals surface area (Å²) in [5, 5.41) is 0.709. The van der Waals surface area contributed by atoms with Crippen molar-refractivity contribution in [2.75, 3.05) is 14.1 Å². The summed E-state index contributed by atoms with van der Waals surface area (Å²) < 4.78 is 0. The fraction of sp³-hybridized carbons (Fsp3) is 0.357. The summed E-state index contributed by atoms with van der Waals surface area (Å²) >= 11 is 5.86. The second-order valence-electron chi connectivity index (χ2n) is 4.73. The maximum Gasteiger partial charge on any atom is 0.167 e. The number of rotatable bonds is 4. The van der Waals surface area contributed by atoms with Gasteiger partial charge in [0.05, 0.1) is 5.41 Å². The lowest BCUT2D eigenvalue weighted by Crippen LogP contribution is -2.18. The molecular formula is C14H16ClNO. The molecular weight excluding hydrogens is 234 g/mol. The summed E-state index contributed by atoms with van der Waals surface area (Å²) in [5.41, 5.74) is 0.798. The zero-order valence-electron chi connectivity index (χ0n) is 10.1. The average Bonchev–Trinajstić information content (AvgIpc) is 3.08. The predicted octanol–water partition coefficient (Wildman–Crippen LogP) is 3.02. The van der Waals surface area contributed by atoms with Crippen molar-refractivity contribution < 1.29 is 4.79 Å². The van der Waals surface area contributed by atoms with Crippen LogP contribution in [0.4, 0.5) is 0 Å². The standard InChI is InChI=1S/C14H16ClNO/c1-16(2)10-7-13(17)14(8-9-14)11-3-5-12(15)6-4-11/h3-7,10H,8-9H2,1-2H3. The van der Waals surface area contributed by atoms with Crippen LogP contribution in [0.3, 0.4) is 0 Å². The molecule has 0 radical (unpaired) electrons. The van der Waals surface area contributed by atoms with E-state index in [1.54, 1.807) is 12.3 Å². The van der Waals surface area contributed by atoms with E-state index in [0.29, 0.717) is 5.02 Å². The lowest BCUT2D eigenvalue weighted by Gasteiger charge is -2.12. The van der Waals surface area contributed by atoms with Gasteiger partial charge < -0.3 is 4.90 Å². The minimum atomic E-state index is -0.281. The molecule has 0 N–H and O–H groups in total. The van der Waals surface area contributed by atoms with Gasteiger partial charge in [0.1, 0.15) is 0 Å². The molecule has 0 bridgehead atoms. The maximum absolute atomic E-state index is 12.2. The third-order valence-electron chi connectivity index (χ3n) is 3.14. The van der Waals surface area contributed by atoms with Gasteiger partial charge in [-0.2, -0.15) is 0 Å². The molecule has 3 heteroatoms. The van der Waals surface area contributed by atoms with Gasteiger partial charge in [0.2, 0.25) is 0 Å². The monoisotopic (exact) mass is 249 g/mol. The molecule has 1 aliphatic rings. The number of carbonyl (C=O) groups excluding carboxylic acids is 1. The van der Waals surface area contributed by atoms with E-state index in [2.05, 4.69) is 0 Å². The van der Waals surface area contributed by atoms with Gasteiger partial charge in [0, 0.05) is 25.3 Å². The second kappa shape index (κ2) is 4.53. The third kappa shape index (κ3) is 2.52. The Labute approximate surface area is 107 Å². The summed E-state index contributed by atoms with van der Waals surface area (Å²) in [5.74, 6) is 0.188. The van der Waals surface area contributed by atoms with E-state index in [1.165, 1.54) is 0 Å². The van der Waals surface area contributed by atoms with Gasteiger partial charge in [0.15, 0.2) is 5.78 Å². The molecule has 0 aromatic heterocycles. The summed E-state index contributed by atoms with van der Waals surface area (Å²) in [6.45, 7) is 0. The van der Waals surface area contributed by atoms with Crippen LogP contribution in [0.5, 0.6) is 0 Å². The van der Waals surface area contributed by atoms with Crippen LogP contribution in [0.2, 0.25) is 5.02 Å². The molecule has 1 saturated carbocycles. The van der Waals surface area contributed by atoms with Crippen molar-refractivity contribution in [1.29, 1.82) is 0 Å². The molecule has 0 saturated heterocycles. The molecule has 1 aromatic carbocycles. The Morgan fingerprint density at radius 2 is 1.88 bits per heavy atom. The van der Waals surface area contributed by atoms with E-state index < -0.39 is 0 Å². The zero-order valence-corrected chi connectivity index (χ0v) is 10.9. The van der Waals surface area contributed by atoms with Crippen molar-refractivity contribution in [3.63, 3.8) is 0 Å². The molecule has 0 unspecified atom stereocenters. The van der Waals surface area contributed by atoms with Crippen LogP contribution >= 0.6 is 11.6 Å². The Balaban J connectivity index is 2.19. The van der Waals surface area contributed by atoms with Crippen molar-refractivity contribution in [1.82, 2.24) is 4.90 Å². The van der Waals surface area contributed by atoms with E-state index in [-0.39, 0.29) is 11.2 Å². The first kappa shape index (κ1) is 12.2. The number of nitrogens with zero attached hydrogens (tertiary/aromatic N) is 1. The van der Waals surface area contributed by atoms with Crippen LogP contribution in [0.1, 0.15) is 18.4 Å². The number of hydrogen-bond donors (Lipinski definition) is 0. The third-order valence-corrected chi connectivity index (χ3v) is 3.39. The van der Waals surface area contributed by atoms with Crippen molar-refractivity contribution in [3.05, 3.63) is 47.1 Å². The molecule has 1 aliphatic carbocycles. The van der Waals surface area contributed by atoms with Crippen LogP contribution in [0.25, 0.3) is 0 Å². The quantitative estimate of drug-likeness (QED) is 0.765. The van der Waals surface area contributed by atoms with Crippen LogP contribution in [0.15, 0.2) is 36.5 Å². The van der Waals surface area contributed by atoms with Crippen LogP contribution in [0, 0.1) is 0 Å². The zero-order chi connectivity index (χ0) is 12.5. The van der Waals surface area contributed by atoms with Gasteiger partial charge in [-0.25, -0.2) is 0 Å². The van der Waals surface area contributed by atoms with Gasteiger partial charge in [0.25, 0.3) is 0 Å². The first-order chi connectivity index (χ1) is 8.04. The molecule has 0 amide bonds. The first-order valence-corrected chi connectivity index (χ1v) is 6.07. The molecule has 0 aliphatic heterocycles. The number of allylic oxidation sites excluding steroid dienone is 1. The molecule has 0 heterocycles. The Kier molecular flexibility index (Phi) is 3.25. The highest BCUT2D eigenvalue weighted by atomic mass is 35.5. The number of ketones is 1. The summed E-state index contributed by atoms with van der Waals surface area (Å²) in [4.78, 5) is 14.0. The number of hydrogen-bond acceptors (Lipinski definition) is 2. The lowest BCUT2D eigenvalue weighted by molar-refractivity contribution is -0.116. The van der Waals surface area contributed by atoms with Crippen LogP contribution in [-0.2, 0) is 10.2 Å². The highest BCUT2D eigenvalue weighted by Gasteiger charge is 2.49. The molecule has 90 valence electrons.